The molecule has 2 aromatic heterocycles. The van der Waals surface area contributed by atoms with Gasteiger partial charge >= 0.3 is 0 Å². The van der Waals surface area contributed by atoms with E-state index in [0.29, 0.717) is 0 Å². The number of benzene rings is 1. The van der Waals surface area contributed by atoms with Crippen LogP contribution in [0.2, 0.25) is 0 Å². The van der Waals surface area contributed by atoms with E-state index in [1.54, 1.807) is 0 Å². The van der Waals surface area contributed by atoms with Crippen LogP contribution in [0.25, 0.3) is 0 Å². The lowest BCUT2D eigenvalue weighted by Crippen LogP contribution is -3.00. The van der Waals surface area contributed by atoms with Crippen LogP contribution >= 0.6 is 0 Å². The minimum absolute atomic E-state index is 0. The standard InChI is InChI=1S/C23H26N4.2BrH/c1-2-12-26-14-8-22(9-15-26)24-18-20-4-6-21(7-5-20)19-25-23-10-16-27(13-3-1)17-11-23;;/h4-11,14-17H,1-3,12-13,18-19H2;2*1H. The van der Waals surface area contributed by atoms with Crippen molar-refractivity contribution >= 4 is 11.4 Å². The highest BCUT2D eigenvalue weighted by Gasteiger charge is 2.05. The molecule has 0 spiro atoms. The van der Waals surface area contributed by atoms with E-state index in [0.717, 1.165) is 26.2 Å². The van der Waals surface area contributed by atoms with E-state index in [4.69, 9.17) is 0 Å². The maximum Gasteiger partial charge on any atom is 0.170 e. The molecule has 1 aromatic carbocycles. The summed E-state index contributed by atoms with van der Waals surface area (Å²) in [5.74, 6) is 0. The summed E-state index contributed by atoms with van der Waals surface area (Å²) in [7, 11) is 0. The fourth-order valence-corrected chi connectivity index (χ4v) is 3.40. The summed E-state index contributed by atoms with van der Waals surface area (Å²) >= 11 is 0. The van der Waals surface area contributed by atoms with Gasteiger partial charge in [-0.2, -0.15) is 0 Å². The second-order valence-electron chi connectivity index (χ2n) is 7.23. The van der Waals surface area contributed by atoms with Crippen molar-refractivity contribution in [2.75, 3.05) is 10.6 Å². The largest absolute Gasteiger partial charge is 1.00 e. The number of halogens is 2. The lowest BCUT2D eigenvalue weighted by Gasteiger charge is -2.08. The first-order valence-electron chi connectivity index (χ1n) is 9.89. The van der Waals surface area contributed by atoms with Gasteiger partial charge in [0.25, 0.3) is 0 Å². The summed E-state index contributed by atoms with van der Waals surface area (Å²) in [5, 5.41) is 7.02. The number of hydrogen-bond donors (Lipinski definition) is 2. The SMILES string of the molecule is [Br-].[Br-].c1cc2ccc1CNc1cc[n+](cc1)CCCCC[n+]1ccc(cc1)NC2. The van der Waals surface area contributed by atoms with Crippen LogP contribution in [0.15, 0.2) is 73.3 Å². The van der Waals surface area contributed by atoms with E-state index in [2.05, 4.69) is 93.1 Å². The highest BCUT2D eigenvalue weighted by molar-refractivity contribution is 5.42. The number of hydrogen-bond acceptors (Lipinski definition) is 2. The van der Waals surface area contributed by atoms with Crippen molar-refractivity contribution in [2.45, 2.75) is 45.4 Å². The van der Waals surface area contributed by atoms with Gasteiger partial charge in [0, 0.05) is 61.6 Å². The van der Waals surface area contributed by atoms with Crippen LogP contribution < -0.4 is 53.7 Å². The van der Waals surface area contributed by atoms with Gasteiger partial charge in [-0.15, -0.1) is 0 Å². The van der Waals surface area contributed by atoms with E-state index in [9.17, 15) is 0 Å². The Kier molecular flexibility index (Phi) is 9.61. The third-order valence-electron chi connectivity index (χ3n) is 5.13. The topological polar surface area (TPSA) is 31.8 Å². The van der Waals surface area contributed by atoms with Crippen molar-refractivity contribution in [1.29, 1.82) is 0 Å². The monoisotopic (exact) mass is 518 g/mol. The molecule has 2 N–H and O–H groups in total. The third-order valence-corrected chi connectivity index (χ3v) is 5.13. The highest BCUT2D eigenvalue weighted by atomic mass is 79.9. The molecule has 0 radical (unpaired) electrons. The van der Waals surface area contributed by atoms with Gasteiger partial charge in [-0.1, -0.05) is 24.3 Å². The van der Waals surface area contributed by atoms with Gasteiger partial charge in [0.05, 0.1) is 0 Å². The average Bonchev–Trinajstić information content (AvgIpc) is 2.73. The number of aromatic nitrogens is 2. The first-order chi connectivity index (χ1) is 13.3. The second kappa shape index (κ2) is 11.9. The van der Waals surface area contributed by atoms with Crippen molar-refractivity contribution in [1.82, 2.24) is 0 Å². The highest BCUT2D eigenvalue weighted by Crippen LogP contribution is 2.11. The van der Waals surface area contributed by atoms with Gasteiger partial charge in [-0.25, -0.2) is 9.13 Å². The third kappa shape index (κ3) is 7.12. The minimum Gasteiger partial charge on any atom is -1.00 e. The molecule has 0 fully saturated rings. The Morgan fingerprint density at radius 2 is 0.897 bits per heavy atom. The Balaban J connectivity index is 0.00000150. The molecule has 0 saturated heterocycles. The Hall–Kier alpha value is -1.92. The van der Waals surface area contributed by atoms with E-state index in [1.165, 1.54) is 41.8 Å². The molecule has 0 aliphatic carbocycles. The first-order valence-corrected chi connectivity index (χ1v) is 9.89. The molecular weight excluding hydrogens is 492 g/mol. The molecule has 7 aliphatic rings. The lowest BCUT2D eigenvalue weighted by atomic mass is 10.1. The minimum atomic E-state index is 0. The van der Waals surface area contributed by atoms with E-state index in [1.807, 2.05) is 0 Å². The van der Waals surface area contributed by atoms with Crippen LogP contribution in [0, 0.1) is 0 Å². The zero-order valence-electron chi connectivity index (χ0n) is 16.5. The number of nitrogens with one attached hydrogen (secondary N) is 2. The normalized spacial score (nSPS) is 13.9. The molecule has 7 aliphatic heterocycles. The molecule has 0 saturated carbocycles. The zero-order chi connectivity index (χ0) is 18.3. The first kappa shape index (κ1) is 23.4. The van der Waals surface area contributed by atoms with Crippen LogP contribution in [0.1, 0.15) is 30.4 Å². The Morgan fingerprint density at radius 1 is 0.517 bits per heavy atom. The maximum absolute atomic E-state index is 3.51. The number of pyridine rings is 2. The van der Waals surface area contributed by atoms with Crippen molar-refractivity contribution in [3.8, 4) is 0 Å². The molecule has 0 atom stereocenters. The van der Waals surface area contributed by atoms with Gasteiger partial charge in [-0.05, 0) is 17.5 Å². The Bertz CT molecular complexity index is 777. The van der Waals surface area contributed by atoms with Crippen LogP contribution in [0.3, 0.4) is 0 Å². The molecule has 0 unspecified atom stereocenters. The number of aryl methyl sites for hydroxylation is 2. The van der Waals surface area contributed by atoms with E-state index >= 15 is 0 Å². The summed E-state index contributed by atoms with van der Waals surface area (Å²) in [6.45, 7) is 3.84. The molecule has 6 heteroatoms. The molecule has 3 aromatic rings. The number of anilines is 2. The fourth-order valence-electron chi connectivity index (χ4n) is 3.40. The molecule has 10 rings (SSSR count). The number of rotatable bonds is 0. The molecular formula is C23H28Br2N4. The van der Waals surface area contributed by atoms with Gasteiger partial charge in [0.2, 0.25) is 0 Å². The molecule has 154 valence electrons. The van der Waals surface area contributed by atoms with E-state index < -0.39 is 0 Å². The summed E-state index contributed by atoms with van der Waals surface area (Å²) in [6, 6.07) is 17.5. The Labute approximate surface area is 194 Å². The lowest BCUT2D eigenvalue weighted by molar-refractivity contribution is -0.701. The van der Waals surface area contributed by atoms with Gasteiger partial charge in [0.1, 0.15) is 13.1 Å². The van der Waals surface area contributed by atoms with Gasteiger partial charge < -0.3 is 44.6 Å². The summed E-state index contributed by atoms with van der Waals surface area (Å²) in [6.07, 6.45) is 12.4. The zero-order valence-corrected chi connectivity index (χ0v) is 19.7. The molecule has 6 bridgehead atoms. The predicted molar refractivity (Wildman–Crippen MR) is 108 cm³/mol. The van der Waals surface area contributed by atoms with Crippen molar-refractivity contribution in [3.05, 3.63) is 84.4 Å². The predicted octanol–water partition coefficient (Wildman–Crippen LogP) is -2.32. The van der Waals surface area contributed by atoms with Gasteiger partial charge in [-0.3, -0.25) is 0 Å². The van der Waals surface area contributed by atoms with Crippen molar-refractivity contribution in [2.24, 2.45) is 0 Å². The second-order valence-corrected chi connectivity index (χ2v) is 7.23. The molecule has 4 nitrogen and oxygen atoms in total. The molecule has 0 amide bonds. The van der Waals surface area contributed by atoms with Crippen LogP contribution in [-0.2, 0) is 26.2 Å². The smallest absolute Gasteiger partial charge is 0.170 e. The van der Waals surface area contributed by atoms with Gasteiger partial charge in [0.15, 0.2) is 24.8 Å². The number of nitrogens with zero attached hydrogens (tertiary/aromatic N) is 2. The maximum atomic E-state index is 3.51. The average molecular weight is 520 g/mol. The fraction of sp³-hybridized carbons (Fsp3) is 0.304. The molecule has 9 heterocycles. The van der Waals surface area contributed by atoms with Crippen molar-refractivity contribution < 1.29 is 43.1 Å². The summed E-state index contributed by atoms with van der Waals surface area (Å²) in [4.78, 5) is 0. The Morgan fingerprint density at radius 3 is 1.28 bits per heavy atom. The van der Waals surface area contributed by atoms with E-state index in [-0.39, 0.29) is 34.0 Å². The quantitative estimate of drug-likeness (QED) is 0.327. The molecule has 29 heavy (non-hydrogen) atoms. The van der Waals surface area contributed by atoms with Crippen LogP contribution in [-0.4, -0.2) is 0 Å². The van der Waals surface area contributed by atoms with Crippen LogP contribution in [0.4, 0.5) is 11.4 Å². The summed E-state index contributed by atoms with van der Waals surface area (Å²) < 4.78 is 4.55. The van der Waals surface area contributed by atoms with Crippen LogP contribution in [0.5, 0.6) is 0 Å². The van der Waals surface area contributed by atoms with Crippen molar-refractivity contribution in [3.63, 3.8) is 0 Å². The summed E-state index contributed by atoms with van der Waals surface area (Å²) in [5.41, 5.74) is 4.92.